The monoisotopic (exact) mass is 318 g/mol. The quantitative estimate of drug-likeness (QED) is 0.808. The molecular weight excluding hydrogens is 304 g/mol. The molecule has 114 valence electrons. The van der Waals surface area contributed by atoms with E-state index in [2.05, 4.69) is 0 Å². The summed E-state index contributed by atoms with van der Waals surface area (Å²) in [6.07, 6.45) is -1.23. The smallest absolute Gasteiger partial charge is 0.351 e. The van der Waals surface area contributed by atoms with E-state index in [0.717, 1.165) is 5.56 Å². The minimum atomic E-state index is -0.778. The van der Waals surface area contributed by atoms with Gasteiger partial charge in [-0.2, -0.15) is 0 Å². The van der Waals surface area contributed by atoms with Gasteiger partial charge < -0.3 is 14.2 Å². The zero-order valence-corrected chi connectivity index (χ0v) is 12.7. The van der Waals surface area contributed by atoms with Gasteiger partial charge in [-0.05, 0) is 25.1 Å². The van der Waals surface area contributed by atoms with Gasteiger partial charge in [-0.25, -0.2) is 4.79 Å². The van der Waals surface area contributed by atoms with Crippen molar-refractivity contribution in [2.45, 2.75) is 19.1 Å². The molecule has 0 saturated carbocycles. The Bertz CT molecular complexity index is 686. The number of benzene rings is 2. The minimum Gasteiger partial charge on any atom is -0.485 e. The van der Waals surface area contributed by atoms with Crippen LogP contribution in [0, 0.1) is 0 Å². The van der Waals surface area contributed by atoms with Crippen molar-refractivity contribution in [3.63, 3.8) is 0 Å². The van der Waals surface area contributed by atoms with Gasteiger partial charge in [0.15, 0.2) is 11.5 Å². The summed E-state index contributed by atoms with van der Waals surface area (Å²) in [4.78, 5) is 12.2. The van der Waals surface area contributed by atoms with Crippen LogP contribution in [-0.2, 0) is 9.53 Å². The number of fused-ring (bicyclic) bond motifs is 1. The van der Waals surface area contributed by atoms with E-state index in [1.807, 2.05) is 30.3 Å². The summed E-state index contributed by atoms with van der Waals surface area (Å²) in [6.45, 7) is 1.90. The van der Waals surface area contributed by atoms with Crippen LogP contribution in [0.25, 0.3) is 0 Å². The Morgan fingerprint density at radius 3 is 2.64 bits per heavy atom. The molecule has 0 fully saturated rings. The lowest BCUT2D eigenvalue weighted by Gasteiger charge is -2.26. The number of esters is 1. The normalized spacial score (nSPS) is 17.6. The highest BCUT2D eigenvalue weighted by atomic mass is 35.5. The molecule has 2 aromatic rings. The van der Waals surface area contributed by atoms with Crippen LogP contribution in [0.5, 0.6) is 11.5 Å². The van der Waals surface area contributed by atoms with E-state index in [0.29, 0.717) is 16.5 Å². The van der Waals surface area contributed by atoms with Gasteiger partial charge in [0, 0.05) is 10.6 Å². The molecule has 0 N–H and O–H groups in total. The maximum absolute atomic E-state index is 12.2. The molecular formula is C17H15ClO4. The van der Waals surface area contributed by atoms with Gasteiger partial charge in [0.2, 0.25) is 6.10 Å². The first-order valence-electron chi connectivity index (χ1n) is 6.98. The average molecular weight is 319 g/mol. The van der Waals surface area contributed by atoms with Gasteiger partial charge in [-0.1, -0.05) is 41.9 Å². The highest BCUT2D eigenvalue weighted by Gasteiger charge is 2.30. The first kappa shape index (κ1) is 14.7. The second kappa shape index (κ2) is 6.28. The summed E-state index contributed by atoms with van der Waals surface area (Å²) in [6, 6.07) is 14.5. The van der Waals surface area contributed by atoms with Crippen LogP contribution < -0.4 is 9.47 Å². The lowest BCUT2D eigenvalue weighted by Crippen LogP contribution is -2.38. The zero-order chi connectivity index (χ0) is 15.5. The van der Waals surface area contributed by atoms with E-state index in [-0.39, 0.29) is 6.61 Å². The van der Waals surface area contributed by atoms with E-state index >= 15 is 0 Å². The molecule has 1 heterocycles. The van der Waals surface area contributed by atoms with Crippen LogP contribution in [-0.4, -0.2) is 18.7 Å². The second-order valence-corrected chi connectivity index (χ2v) is 5.37. The summed E-state index contributed by atoms with van der Waals surface area (Å²) >= 11 is 6.11. The molecule has 2 aromatic carbocycles. The maximum atomic E-state index is 12.2. The number of carbonyl (C=O) groups is 1. The number of para-hydroxylation sites is 2. The van der Waals surface area contributed by atoms with E-state index in [9.17, 15) is 4.79 Å². The fourth-order valence-electron chi connectivity index (χ4n) is 2.25. The lowest BCUT2D eigenvalue weighted by molar-refractivity contribution is -0.159. The molecule has 0 unspecified atom stereocenters. The SMILES string of the molecule is C[C@@H](OC(=O)[C@@H]1COc2ccccc2O1)c1ccccc1Cl. The third-order valence-corrected chi connectivity index (χ3v) is 3.75. The fourth-order valence-corrected chi connectivity index (χ4v) is 2.54. The number of ether oxygens (including phenoxy) is 3. The first-order valence-corrected chi connectivity index (χ1v) is 7.36. The topological polar surface area (TPSA) is 44.8 Å². The number of hydrogen-bond acceptors (Lipinski definition) is 4. The van der Waals surface area contributed by atoms with Gasteiger partial charge in [0.25, 0.3) is 0 Å². The molecule has 0 radical (unpaired) electrons. The molecule has 22 heavy (non-hydrogen) atoms. The average Bonchev–Trinajstić information content (AvgIpc) is 2.54. The first-order chi connectivity index (χ1) is 10.6. The molecule has 0 aromatic heterocycles. The Balaban J connectivity index is 1.67. The Labute approximate surface area is 133 Å². The van der Waals surface area contributed by atoms with Gasteiger partial charge in [0.05, 0.1) is 0 Å². The van der Waals surface area contributed by atoms with Crippen molar-refractivity contribution in [2.75, 3.05) is 6.61 Å². The Kier molecular flexibility index (Phi) is 4.20. The fraction of sp³-hybridized carbons (Fsp3) is 0.235. The molecule has 0 aliphatic carbocycles. The van der Waals surface area contributed by atoms with Gasteiger partial charge in [-0.15, -0.1) is 0 Å². The van der Waals surface area contributed by atoms with Gasteiger partial charge >= 0.3 is 5.97 Å². The summed E-state index contributed by atoms with van der Waals surface area (Å²) in [5, 5.41) is 0.564. The Morgan fingerprint density at radius 1 is 1.18 bits per heavy atom. The van der Waals surface area contributed by atoms with Crippen molar-refractivity contribution in [1.29, 1.82) is 0 Å². The lowest BCUT2D eigenvalue weighted by atomic mass is 10.1. The van der Waals surface area contributed by atoms with Gasteiger partial charge in [-0.3, -0.25) is 0 Å². The highest BCUT2D eigenvalue weighted by molar-refractivity contribution is 6.31. The Morgan fingerprint density at radius 2 is 1.86 bits per heavy atom. The van der Waals surface area contributed by atoms with Crippen molar-refractivity contribution < 1.29 is 19.0 Å². The molecule has 0 amide bonds. The predicted molar refractivity (Wildman–Crippen MR) is 82.3 cm³/mol. The van der Waals surface area contributed by atoms with Crippen molar-refractivity contribution in [3.05, 3.63) is 59.1 Å². The summed E-state index contributed by atoms with van der Waals surface area (Å²) in [5.74, 6) is 0.703. The van der Waals surface area contributed by atoms with E-state index in [4.69, 9.17) is 25.8 Å². The maximum Gasteiger partial charge on any atom is 0.351 e. The summed E-state index contributed by atoms with van der Waals surface area (Å²) in [7, 11) is 0. The molecule has 1 aliphatic heterocycles. The third kappa shape index (κ3) is 3.02. The molecule has 2 atom stereocenters. The largest absolute Gasteiger partial charge is 0.485 e. The molecule has 3 rings (SSSR count). The van der Waals surface area contributed by atoms with Crippen molar-refractivity contribution in [3.8, 4) is 11.5 Å². The molecule has 0 spiro atoms. The van der Waals surface area contributed by atoms with Crippen molar-refractivity contribution in [1.82, 2.24) is 0 Å². The van der Waals surface area contributed by atoms with Crippen LogP contribution in [0.2, 0.25) is 5.02 Å². The van der Waals surface area contributed by atoms with Crippen LogP contribution in [0.3, 0.4) is 0 Å². The van der Waals surface area contributed by atoms with E-state index in [1.165, 1.54) is 0 Å². The molecule has 4 nitrogen and oxygen atoms in total. The van der Waals surface area contributed by atoms with Crippen LogP contribution in [0.4, 0.5) is 0 Å². The van der Waals surface area contributed by atoms with E-state index < -0.39 is 18.2 Å². The second-order valence-electron chi connectivity index (χ2n) is 4.96. The van der Waals surface area contributed by atoms with Crippen LogP contribution in [0.1, 0.15) is 18.6 Å². The number of halogens is 1. The summed E-state index contributed by atoms with van der Waals surface area (Å²) in [5.41, 5.74) is 0.759. The molecule has 5 heteroatoms. The standard InChI is InChI=1S/C17H15ClO4/c1-11(12-6-2-3-7-13(12)18)21-17(19)16-10-20-14-8-4-5-9-15(14)22-16/h2-9,11,16H,10H2,1H3/t11-,16+/m1/s1. The molecule has 1 aliphatic rings. The number of hydrogen-bond donors (Lipinski definition) is 0. The minimum absolute atomic E-state index is 0.130. The van der Waals surface area contributed by atoms with E-state index in [1.54, 1.807) is 25.1 Å². The number of carbonyl (C=O) groups excluding carboxylic acids is 1. The Hall–Kier alpha value is -2.20. The highest BCUT2D eigenvalue weighted by Crippen LogP contribution is 2.32. The number of rotatable bonds is 3. The van der Waals surface area contributed by atoms with Crippen molar-refractivity contribution >= 4 is 17.6 Å². The molecule has 0 bridgehead atoms. The summed E-state index contributed by atoms with van der Waals surface area (Å²) < 4.78 is 16.6. The third-order valence-electron chi connectivity index (χ3n) is 3.41. The van der Waals surface area contributed by atoms with Crippen LogP contribution >= 0.6 is 11.6 Å². The predicted octanol–water partition coefficient (Wildman–Crippen LogP) is 3.78. The van der Waals surface area contributed by atoms with Crippen LogP contribution in [0.15, 0.2) is 48.5 Å². The molecule has 0 saturated heterocycles. The van der Waals surface area contributed by atoms with Crippen molar-refractivity contribution in [2.24, 2.45) is 0 Å². The zero-order valence-electron chi connectivity index (χ0n) is 12.0. The van der Waals surface area contributed by atoms with Gasteiger partial charge in [0.1, 0.15) is 12.7 Å².